The van der Waals surface area contributed by atoms with Crippen molar-refractivity contribution in [1.82, 2.24) is 0 Å². The predicted molar refractivity (Wildman–Crippen MR) is 97.3 cm³/mol. The Kier molecular flexibility index (Phi) is 5.33. The zero-order chi connectivity index (χ0) is 17.9. The molecule has 0 spiro atoms. The molecule has 3 nitrogen and oxygen atoms in total. The van der Waals surface area contributed by atoms with Crippen LogP contribution in [0, 0.1) is 19.3 Å². The molecule has 2 rings (SSSR count). The van der Waals surface area contributed by atoms with Crippen LogP contribution in [0.2, 0.25) is 0 Å². The van der Waals surface area contributed by atoms with Crippen LogP contribution in [0.15, 0.2) is 36.4 Å². The third-order valence-corrected chi connectivity index (χ3v) is 4.96. The number of carbonyl (C=O) groups is 1. The van der Waals surface area contributed by atoms with Crippen LogP contribution in [0.1, 0.15) is 44.7 Å². The topological polar surface area (TPSA) is 46.5 Å². The fourth-order valence-electron chi connectivity index (χ4n) is 2.54. The van der Waals surface area contributed by atoms with Gasteiger partial charge in [0.1, 0.15) is 11.5 Å². The van der Waals surface area contributed by atoms with Gasteiger partial charge in [-0.1, -0.05) is 26.0 Å². The van der Waals surface area contributed by atoms with Gasteiger partial charge in [0.15, 0.2) is 0 Å². The van der Waals surface area contributed by atoms with Crippen LogP contribution in [-0.4, -0.2) is 11.1 Å². The smallest absolute Gasteiger partial charge is 0.317 e. The minimum atomic E-state index is -0.445. The number of hydrogen-bond acceptors (Lipinski definition) is 3. The Balaban J connectivity index is 2.27. The highest BCUT2D eigenvalue weighted by atomic mass is 16.5. The van der Waals surface area contributed by atoms with Crippen molar-refractivity contribution in [2.75, 3.05) is 0 Å². The van der Waals surface area contributed by atoms with Crippen molar-refractivity contribution in [2.45, 2.75) is 47.5 Å². The summed E-state index contributed by atoms with van der Waals surface area (Å²) in [7, 11) is 0. The van der Waals surface area contributed by atoms with Gasteiger partial charge in [0.05, 0.1) is 5.41 Å². The molecular weight excluding hydrogens is 300 g/mol. The highest BCUT2D eigenvalue weighted by molar-refractivity contribution is 5.79. The Hall–Kier alpha value is -2.29. The van der Waals surface area contributed by atoms with Gasteiger partial charge in [0.25, 0.3) is 0 Å². The number of benzene rings is 2. The molecule has 2 aromatic carbocycles. The fraction of sp³-hybridized carbons (Fsp3) is 0.381. The summed E-state index contributed by atoms with van der Waals surface area (Å²) >= 11 is 0. The molecule has 0 heterocycles. The molecule has 3 heteroatoms. The van der Waals surface area contributed by atoms with Crippen LogP contribution < -0.4 is 4.74 Å². The van der Waals surface area contributed by atoms with Gasteiger partial charge in [0.2, 0.25) is 0 Å². The standard InChI is InChI=1S/C21H26O3/c1-6-21(5,7-2)20(23)24-19-11-9-17(13-15(19)4)16-8-10-18(22)14(3)12-16/h8-13,22H,6-7H2,1-5H3. The third-order valence-electron chi connectivity index (χ3n) is 4.96. The Morgan fingerprint density at radius 3 is 2.04 bits per heavy atom. The molecule has 0 aliphatic heterocycles. The Bertz CT molecular complexity index is 743. The third kappa shape index (κ3) is 3.61. The number of hydrogen-bond donors (Lipinski definition) is 1. The molecule has 0 saturated heterocycles. The van der Waals surface area contributed by atoms with E-state index < -0.39 is 5.41 Å². The maximum Gasteiger partial charge on any atom is 0.317 e. The lowest BCUT2D eigenvalue weighted by atomic mass is 9.85. The Labute approximate surface area is 144 Å². The molecule has 0 aliphatic rings. The van der Waals surface area contributed by atoms with Crippen LogP contribution in [-0.2, 0) is 4.79 Å². The van der Waals surface area contributed by atoms with Gasteiger partial charge in [0, 0.05) is 0 Å². The number of aromatic hydroxyl groups is 1. The van der Waals surface area contributed by atoms with Gasteiger partial charge >= 0.3 is 5.97 Å². The van der Waals surface area contributed by atoms with E-state index >= 15 is 0 Å². The summed E-state index contributed by atoms with van der Waals surface area (Å²) in [6.07, 6.45) is 1.51. The van der Waals surface area contributed by atoms with E-state index in [-0.39, 0.29) is 5.97 Å². The van der Waals surface area contributed by atoms with Crippen LogP contribution >= 0.6 is 0 Å². The molecule has 1 N–H and O–H groups in total. The molecule has 0 fully saturated rings. The highest BCUT2D eigenvalue weighted by Gasteiger charge is 2.31. The average Bonchev–Trinajstić information content (AvgIpc) is 2.58. The van der Waals surface area contributed by atoms with Crippen molar-refractivity contribution < 1.29 is 14.6 Å². The second-order valence-electron chi connectivity index (χ2n) is 6.64. The molecule has 0 radical (unpaired) electrons. The largest absolute Gasteiger partial charge is 0.508 e. The highest BCUT2D eigenvalue weighted by Crippen LogP contribution is 2.32. The lowest BCUT2D eigenvalue weighted by Crippen LogP contribution is -2.30. The molecule has 0 atom stereocenters. The van der Waals surface area contributed by atoms with E-state index in [1.807, 2.05) is 65.0 Å². The van der Waals surface area contributed by atoms with Crippen LogP contribution in [0.4, 0.5) is 0 Å². The number of rotatable bonds is 5. The molecule has 2 aromatic rings. The number of carbonyl (C=O) groups excluding carboxylic acids is 1. The van der Waals surface area contributed by atoms with Gasteiger partial charge in [-0.2, -0.15) is 0 Å². The van der Waals surface area contributed by atoms with E-state index in [1.165, 1.54) is 0 Å². The normalized spacial score (nSPS) is 11.4. The molecular formula is C21H26O3. The number of esters is 1. The van der Waals surface area contributed by atoms with E-state index in [0.29, 0.717) is 11.5 Å². The van der Waals surface area contributed by atoms with Crippen LogP contribution in [0.25, 0.3) is 11.1 Å². The first-order chi connectivity index (χ1) is 11.3. The molecule has 0 aromatic heterocycles. The van der Waals surface area contributed by atoms with E-state index in [2.05, 4.69) is 0 Å². The quantitative estimate of drug-likeness (QED) is 0.590. The van der Waals surface area contributed by atoms with Crippen molar-refractivity contribution in [3.63, 3.8) is 0 Å². The van der Waals surface area contributed by atoms with Gasteiger partial charge in [-0.15, -0.1) is 0 Å². The zero-order valence-corrected chi connectivity index (χ0v) is 15.1. The van der Waals surface area contributed by atoms with Crippen LogP contribution in [0.3, 0.4) is 0 Å². The summed E-state index contributed by atoms with van der Waals surface area (Å²) in [5.41, 5.74) is 3.37. The second-order valence-corrected chi connectivity index (χ2v) is 6.64. The summed E-state index contributed by atoms with van der Waals surface area (Å²) in [5, 5.41) is 9.65. The van der Waals surface area contributed by atoms with Crippen molar-refractivity contribution in [3.05, 3.63) is 47.5 Å². The van der Waals surface area contributed by atoms with E-state index in [1.54, 1.807) is 6.07 Å². The summed E-state index contributed by atoms with van der Waals surface area (Å²) < 4.78 is 5.65. The van der Waals surface area contributed by atoms with Crippen molar-refractivity contribution in [2.24, 2.45) is 5.41 Å². The SMILES string of the molecule is CCC(C)(CC)C(=O)Oc1ccc(-c2ccc(O)c(C)c2)cc1C. The van der Waals surface area contributed by atoms with Crippen molar-refractivity contribution in [1.29, 1.82) is 0 Å². The summed E-state index contributed by atoms with van der Waals surface area (Å²) in [6, 6.07) is 11.3. The molecule has 128 valence electrons. The van der Waals surface area contributed by atoms with E-state index in [0.717, 1.165) is 35.1 Å². The molecule has 0 saturated carbocycles. The predicted octanol–water partition coefficient (Wildman–Crippen LogP) is 5.41. The van der Waals surface area contributed by atoms with Gasteiger partial charge in [-0.05, 0) is 80.1 Å². The van der Waals surface area contributed by atoms with Crippen LogP contribution in [0.5, 0.6) is 11.5 Å². The van der Waals surface area contributed by atoms with E-state index in [4.69, 9.17) is 4.74 Å². The number of aryl methyl sites for hydroxylation is 2. The first-order valence-electron chi connectivity index (χ1n) is 8.43. The monoisotopic (exact) mass is 326 g/mol. The molecule has 0 amide bonds. The lowest BCUT2D eigenvalue weighted by Gasteiger charge is -2.24. The molecule has 24 heavy (non-hydrogen) atoms. The van der Waals surface area contributed by atoms with Gasteiger partial charge in [-0.3, -0.25) is 4.79 Å². The number of phenols is 1. The molecule has 0 bridgehead atoms. The van der Waals surface area contributed by atoms with Crippen molar-refractivity contribution >= 4 is 5.97 Å². The molecule has 0 unspecified atom stereocenters. The lowest BCUT2D eigenvalue weighted by molar-refractivity contribution is -0.145. The first kappa shape index (κ1) is 18.1. The first-order valence-corrected chi connectivity index (χ1v) is 8.43. The van der Waals surface area contributed by atoms with E-state index in [9.17, 15) is 9.90 Å². The summed E-state index contributed by atoms with van der Waals surface area (Å²) in [6.45, 7) is 9.77. The van der Waals surface area contributed by atoms with Gasteiger partial charge in [-0.25, -0.2) is 0 Å². The number of ether oxygens (including phenoxy) is 1. The Morgan fingerprint density at radius 1 is 1.00 bits per heavy atom. The Morgan fingerprint density at radius 2 is 1.54 bits per heavy atom. The maximum atomic E-state index is 12.4. The summed E-state index contributed by atoms with van der Waals surface area (Å²) in [5.74, 6) is 0.718. The maximum absolute atomic E-state index is 12.4. The minimum absolute atomic E-state index is 0.177. The molecule has 0 aliphatic carbocycles. The minimum Gasteiger partial charge on any atom is -0.508 e. The second kappa shape index (κ2) is 7.08. The fourth-order valence-corrected chi connectivity index (χ4v) is 2.54. The average molecular weight is 326 g/mol. The number of phenolic OH excluding ortho intramolecular Hbond substituents is 1. The van der Waals surface area contributed by atoms with Gasteiger partial charge < -0.3 is 9.84 Å². The zero-order valence-electron chi connectivity index (χ0n) is 15.1. The van der Waals surface area contributed by atoms with Crippen molar-refractivity contribution in [3.8, 4) is 22.6 Å². The summed E-state index contributed by atoms with van der Waals surface area (Å²) in [4.78, 5) is 12.4.